The Morgan fingerprint density at radius 3 is 2.83 bits per heavy atom. The molecule has 2 rings (SSSR count). The number of pyridine rings is 1. The van der Waals surface area contributed by atoms with E-state index in [0.29, 0.717) is 12.1 Å². The largest absolute Gasteiger partial charge is 0.348 e. The number of benzene rings is 1. The summed E-state index contributed by atoms with van der Waals surface area (Å²) < 4.78 is 0.797. The van der Waals surface area contributed by atoms with Gasteiger partial charge in [0, 0.05) is 23.4 Å². The fourth-order valence-electron chi connectivity index (χ4n) is 1.62. The predicted octanol–water partition coefficient (Wildman–Crippen LogP) is 3.08. The Morgan fingerprint density at radius 1 is 1.33 bits per heavy atom. The minimum atomic E-state index is -0.118. The van der Waals surface area contributed by atoms with Crippen molar-refractivity contribution in [2.24, 2.45) is 0 Å². The fraction of sp³-hybridized carbons (Fsp3) is 0.143. The number of amides is 1. The molecular weight excluding hydrogens is 292 g/mol. The topological polar surface area (TPSA) is 42.0 Å². The quantitative estimate of drug-likeness (QED) is 0.947. The first-order valence-corrected chi connectivity index (χ1v) is 6.39. The van der Waals surface area contributed by atoms with Gasteiger partial charge in [0.25, 0.3) is 5.91 Å². The van der Waals surface area contributed by atoms with Gasteiger partial charge in [-0.15, -0.1) is 0 Å². The predicted molar refractivity (Wildman–Crippen MR) is 74.3 cm³/mol. The van der Waals surface area contributed by atoms with Gasteiger partial charge in [-0.05, 0) is 40.0 Å². The molecule has 0 aliphatic heterocycles. The van der Waals surface area contributed by atoms with E-state index in [9.17, 15) is 4.79 Å². The highest BCUT2D eigenvalue weighted by molar-refractivity contribution is 9.10. The van der Waals surface area contributed by atoms with Gasteiger partial charge in [0.2, 0.25) is 0 Å². The Morgan fingerprint density at radius 2 is 2.11 bits per heavy atom. The summed E-state index contributed by atoms with van der Waals surface area (Å²) in [6.07, 6.45) is 3.20. The molecule has 1 aromatic carbocycles. The highest BCUT2D eigenvalue weighted by Gasteiger charge is 2.06. The molecule has 4 heteroatoms. The van der Waals surface area contributed by atoms with Crippen LogP contribution in [0, 0.1) is 6.92 Å². The number of hydrogen-bond donors (Lipinski definition) is 1. The van der Waals surface area contributed by atoms with E-state index in [1.54, 1.807) is 18.5 Å². The summed E-state index contributed by atoms with van der Waals surface area (Å²) in [5.74, 6) is -0.118. The van der Waals surface area contributed by atoms with Gasteiger partial charge in [0.15, 0.2) is 0 Å². The Labute approximate surface area is 114 Å². The first-order valence-electron chi connectivity index (χ1n) is 5.60. The summed E-state index contributed by atoms with van der Waals surface area (Å²) in [7, 11) is 0. The molecule has 92 valence electrons. The highest BCUT2D eigenvalue weighted by atomic mass is 79.9. The summed E-state index contributed by atoms with van der Waals surface area (Å²) in [5.41, 5.74) is 2.84. The van der Waals surface area contributed by atoms with E-state index in [1.807, 2.05) is 31.2 Å². The first-order chi connectivity index (χ1) is 8.66. The van der Waals surface area contributed by atoms with Crippen molar-refractivity contribution in [2.75, 3.05) is 0 Å². The van der Waals surface area contributed by atoms with Gasteiger partial charge < -0.3 is 5.32 Å². The Hall–Kier alpha value is -1.68. The van der Waals surface area contributed by atoms with Crippen LogP contribution in [0.4, 0.5) is 0 Å². The van der Waals surface area contributed by atoms with E-state index in [-0.39, 0.29) is 5.91 Å². The number of rotatable bonds is 3. The standard InChI is InChI=1S/C14H13BrN2O/c1-10-4-2-3-5-11(10)8-17-14(18)12-6-13(15)9-16-7-12/h2-7,9H,8H2,1H3,(H,17,18). The first kappa shape index (κ1) is 12.8. The molecule has 0 bridgehead atoms. The molecule has 0 aliphatic carbocycles. The molecule has 0 spiro atoms. The van der Waals surface area contributed by atoms with Crippen LogP contribution in [0.15, 0.2) is 47.2 Å². The summed E-state index contributed by atoms with van der Waals surface area (Å²) in [6.45, 7) is 2.56. The van der Waals surface area contributed by atoms with E-state index in [1.165, 1.54) is 5.56 Å². The second-order valence-electron chi connectivity index (χ2n) is 4.00. The molecule has 0 radical (unpaired) electrons. The molecule has 1 heterocycles. The van der Waals surface area contributed by atoms with Crippen LogP contribution in [0.1, 0.15) is 21.5 Å². The van der Waals surface area contributed by atoms with E-state index >= 15 is 0 Å². The molecule has 0 aliphatic rings. The number of carbonyl (C=O) groups is 1. The van der Waals surface area contributed by atoms with Crippen molar-refractivity contribution in [3.05, 3.63) is 63.9 Å². The van der Waals surface area contributed by atoms with Gasteiger partial charge >= 0.3 is 0 Å². The lowest BCUT2D eigenvalue weighted by Gasteiger charge is -2.07. The van der Waals surface area contributed by atoms with E-state index in [2.05, 4.69) is 26.2 Å². The number of nitrogens with zero attached hydrogens (tertiary/aromatic N) is 1. The summed E-state index contributed by atoms with van der Waals surface area (Å²) >= 11 is 3.30. The molecule has 0 saturated carbocycles. The maximum absolute atomic E-state index is 11.9. The molecule has 3 nitrogen and oxygen atoms in total. The molecule has 0 saturated heterocycles. The lowest BCUT2D eigenvalue weighted by atomic mass is 10.1. The number of hydrogen-bond acceptors (Lipinski definition) is 2. The van der Waals surface area contributed by atoms with Crippen LogP contribution in [0.5, 0.6) is 0 Å². The minimum absolute atomic E-state index is 0.118. The zero-order chi connectivity index (χ0) is 13.0. The molecule has 1 aromatic heterocycles. The monoisotopic (exact) mass is 304 g/mol. The zero-order valence-electron chi connectivity index (χ0n) is 9.98. The normalized spacial score (nSPS) is 10.1. The molecule has 2 aromatic rings. The Kier molecular flexibility index (Phi) is 4.10. The molecule has 18 heavy (non-hydrogen) atoms. The fourth-order valence-corrected chi connectivity index (χ4v) is 1.99. The third-order valence-corrected chi connectivity index (χ3v) is 3.10. The minimum Gasteiger partial charge on any atom is -0.348 e. The average molecular weight is 305 g/mol. The van der Waals surface area contributed by atoms with Crippen LogP contribution < -0.4 is 5.32 Å². The molecule has 1 amide bonds. The van der Waals surface area contributed by atoms with Crippen molar-refractivity contribution in [1.29, 1.82) is 0 Å². The summed E-state index contributed by atoms with van der Waals surface area (Å²) in [6, 6.07) is 9.74. The van der Waals surface area contributed by atoms with Gasteiger partial charge in [-0.2, -0.15) is 0 Å². The number of aromatic nitrogens is 1. The number of nitrogens with one attached hydrogen (secondary N) is 1. The van der Waals surface area contributed by atoms with Crippen LogP contribution in [-0.2, 0) is 6.54 Å². The number of halogens is 1. The highest BCUT2D eigenvalue weighted by Crippen LogP contribution is 2.10. The molecule has 1 N–H and O–H groups in total. The van der Waals surface area contributed by atoms with Crippen LogP contribution in [0.3, 0.4) is 0 Å². The van der Waals surface area contributed by atoms with E-state index in [4.69, 9.17) is 0 Å². The van der Waals surface area contributed by atoms with Gasteiger partial charge in [-0.1, -0.05) is 24.3 Å². The Bertz CT molecular complexity index is 569. The van der Waals surface area contributed by atoms with Crippen LogP contribution >= 0.6 is 15.9 Å². The average Bonchev–Trinajstić information content (AvgIpc) is 2.37. The van der Waals surface area contributed by atoms with Gasteiger partial charge in [-0.25, -0.2) is 0 Å². The van der Waals surface area contributed by atoms with Crippen LogP contribution in [0.2, 0.25) is 0 Å². The van der Waals surface area contributed by atoms with Crippen LogP contribution in [-0.4, -0.2) is 10.9 Å². The van der Waals surface area contributed by atoms with Crippen molar-refractivity contribution >= 4 is 21.8 Å². The third kappa shape index (κ3) is 3.17. The van der Waals surface area contributed by atoms with Crippen molar-refractivity contribution in [1.82, 2.24) is 10.3 Å². The number of carbonyl (C=O) groups excluding carboxylic acids is 1. The zero-order valence-corrected chi connectivity index (χ0v) is 11.6. The Balaban J connectivity index is 2.03. The molecule has 0 unspecified atom stereocenters. The lowest BCUT2D eigenvalue weighted by Crippen LogP contribution is -2.23. The summed E-state index contributed by atoms with van der Waals surface area (Å²) in [5, 5.41) is 2.88. The van der Waals surface area contributed by atoms with E-state index < -0.39 is 0 Å². The lowest BCUT2D eigenvalue weighted by molar-refractivity contribution is 0.0950. The maximum atomic E-state index is 11.9. The van der Waals surface area contributed by atoms with Gasteiger partial charge in [-0.3, -0.25) is 9.78 Å². The summed E-state index contributed by atoms with van der Waals surface area (Å²) in [4.78, 5) is 15.9. The van der Waals surface area contributed by atoms with Gasteiger partial charge in [0.05, 0.1) is 5.56 Å². The maximum Gasteiger partial charge on any atom is 0.253 e. The van der Waals surface area contributed by atoms with Crippen molar-refractivity contribution in [3.63, 3.8) is 0 Å². The second-order valence-corrected chi connectivity index (χ2v) is 4.92. The molecule has 0 atom stereocenters. The van der Waals surface area contributed by atoms with Crippen molar-refractivity contribution < 1.29 is 4.79 Å². The SMILES string of the molecule is Cc1ccccc1CNC(=O)c1cncc(Br)c1. The second kappa shape index (κ2) is 5.78. The molecular formula is C14H13BrN2O. The smallest absolute Gasteiger partial charge is 0.253 e. The number of aryl methyl sites for hydroxylation is 1. The molecule has 0 fully saturated rings. The van der Waals surface area contributed by atoms with Crippen molar-refractivity contribution in [3.8, 4) is 0 Å². The van der Waals surface area contributed by atoms with Gasteiger partial charge in [0.1, 0.15) is 0 Å². The third-order valence-electron chi connectivity index (χ3n) is 2.67. The van der Waals surface area contributed by atoms with E-state index in [0.717, 1.165) is 10.0 Å². The van der Waals surface area contributed by atoms with Crippen molar-refractivity contribution in [2.45, 2.75) is 13.5 Å². The van der Waals surface area contributed by atoms with Crippen LogP contribution in [0.25, 0.3) is 0 Å².